The monoisotopic (exact) mass is 209 g/mol. The first-order valence-electron chi connectivity index (χ1n) is 5.08. The molecule has 82 valence electrons. The normalized spacial score (nSPS) is 20.2. The van der Waals surface area contributed by atoms with Crippen LogP contribution in [0.2, 0.25) is 0 Å². The molecule has 1 aromatic heterocycles. The fourth-order valence-corrected chi connectivity index (χ4v) is 1.56. The average Bonchev–Trinajstić information content (AvgIpc) is 2.79. The number of methoxy groups -OCH3 is 1. The first-order chi connectivity index (χ1) is 7.38. The molecule has 0 aromatic carbocycles. The van der Waals surface area contributed by atoms with Gasteiger partial charge in [0.25, 0.3) is 0 Å². The van der Waals surface area contributed by atoms with E-state index in [1.54, 1.807) is 19.5 Å². The van der Waals surface area contributed by atoms with E-state index < -0.39 is 0 Å². The number of ether oxygens (including phenoxy) is 2. The number of hydrogen-bond acceptors (Lipinski definition) is 5. The van der Waals surface area contributed by atoms with Crippen molar-refractivity contribution >= 4 is 0 Å². The highest BCUT2D eigenvalue weighted by atomic mass is 16.5. The van der Waals surface area contributed by atoms with Crippen LogP contribution in [0.15, 0.2) is 12.4 Å². The smallest absolute Gasteiger partial charge is 0.235 e. The summed E-state index contributed by atoms with van der Waals surface area (Å²) < 4.78 is 10.5. The lowest BCUT2D eigenvalue weighted by atomic mass is 10.1. The van der Waals surface area contributed by atoms with Gasteiger partial charge in [-0.1, -0.05) is 0 Å². The van der Waals surface area contributed by atoms with Crippen molar-refractivity contribution in [3.8, 4) is 11.8 Å². The largest absolute Gasteiger partial charge is 0.480 e. The molecule has 1 aromatic rings. The topological polar surface area (TPSA) is 56.3 Å². The summed E-state index contributed by atoms with van der Waals surface area (Å²) in [5, 5.41) is 3.29. The van der Waals surface area contributed by atoms with Crippen LogP contribution in [-0.2, 0) is 0 Å². The second kappa shape index (κ2) is 4.93. The Hall–Kier alpha value is -1.36. The maximum atomic E-state index is 5.54. The molecule has 0 bridgehead atoms. The Bertz CT molecular complexity index is 313. The van der Waals surface area contributed by atoms with E-state index in [1.165, 1.54) is 0 Å². The summed E-state index contributed by atoms with van der Waals surface area (Å²) in [6.45, 7) is 2.80. The van der Waals surface area contributed by atoms with Gasteiger partial charge < -0.3 is 14.8 Å². The molecule has 5 nitrogen and oxygen atoms in total. The van der Waals surface area contributed by atoms with Crippen LogP contribution in [0.1, 0.15) is 6.42 Å². The first-order valence-corrected chi connectivity index (χ1v) is 5.08. The van der Waals surface area contributed by atoms with Gasteiger partial charge in [-0.25, -0.2) is 0 Å². The summed E-state index contributed by atoms with van der Waals surface area (Å²) in [6.07, 6.45) is 4.33. The van der Waals surface area contributed by atoms with Crippen molar-refractivity contribution in [3.63, 3.8) is 0 Å². The van der Waals surface area contributed by atoms with Gasteiger partial charge in [-0.15, -0.1) is 0 Å². The van der Waals surface area contributed by atoms with Gasteiger partial charge in [-0.2, -0.15) is 4.98 Å². The Morgan fingerprint density at radius 1 is 1.47 bits per heavy atom. The van der Waals surface area contributed by atoms with Gasteiger partial charge in [0.05, 0.1) is 26.1 Å². The van der Waals surface area contributed by atoms with Crippen molar-refractivity contribution in [2.75, 3.05) is 26.8 Å². The van der Waals surface area contributed by atoms with Gasteiger partial charge in [0.15, 0.2) is 0 Å². The van der Waals surface area contributed by atoms with Gasteiger partial charge in [0.1, 0.15) is 0 Å². The molecule has 2 heterocycles. The summed E-state index contributed by atoms with van der Waals surface area (Å²) in [5.41, 5.74) is 0. The fourth-order valence-electron chi connectivity index (χ4n) is 1.56. The average molecular weight is 209 g/mol. The predicted molar refractivity (Wildman–Crippen MR) is 55.1 cm³/mol. The SMILES string of the molecule is COc1cncc(OCC2CCNC2)n1. The summed E-state index contributed by atoms with van der Waals surface area (Å²) in [4.78, 5) is 8.10. The molecule has 0 saturated carbocycles. The van der Waals surface area contributed by atoms with Crippen molar-refractivity contribution in [2.45, 2.75) is 6.42 Å². The molecule has 1 saturated heterocycles. The van der Waals surface area contributed by atoms with Gasteiger partial charge in [-0.3, -0.25) is 4.98 Å². The standard InChI is InChI=1S/C10H15N3O2/c1-14-9-5-12-6-10(13-9)15-7-8-2-3-11-4-8/h5-6,8,11H,2-4,7H2,1H3. The Morgan fingerprint density at radius 3 is 3.07 bits per heavy atom. The van der Waals surface area contributed by atoms with Crippen LogP contribution < -0.4 is 14.8 Å². The lowest BCUT2D eigenvalue weighted by Gasteiger charge is -2.09. The number of aromatic nitrogens is 2. The van der Waals surface area contributed by atoms with Crippen molar-refractivity contribution in [1.82, 2.24) is 15.3 Å². The zero-order chi connectivity index (χ0) is 10.5. The number of nitrogens with one attached hydrogen (secondary N) is 1. The Morgan fingerprint density at radius 2 is 2.33 bits per heavy atom. The summed E-state index contributed by atoms with van der Waals surface area (Å²) >= 11 is 0. The molecular weight excluding hydrogens is 194 g/mol. The van der Waals surface area contributed by atoms with Crippen LogP contribution in [0.5, 0.6) is 11.8 Å². The highest BCUT2D eigenvalue weighted by Gasteiger charge is 2.15. The Kier molecular flexibility index (Phi) is 3.34. The van der Waals surface area contributed by atoms with Crippen LogP contribution >= 0.6 is 0 Å². The van der Waals surface area contributed by atoms with E-state index >= 15 is 0 Å². The van der Waals surface area contributed by atoms with Crippen molar-refractivity contribution in [3.05, 3.63) is 12.4 Å². The van der Waals surface area contributed by atoms with Crippen LogP contribution in [0.25, 0.3) is 0 Å². The molecule has 0 amide bonds. The van der Waals surface area contributed by atoms with Crippen molar-refractivity contribution in [1.29, 1.82) is 0 Å². The molecule has 2 rings (SSSR count). The summed E-state index contributed by atoms with van der Waals surface area (Å²) in [6, 6.07) is 0. The molecule has 1 fully saturated rings. The number of nitrogens with zero attached hydrogens (tertiary/aromatic N) is 2. The van der Waals surface area contributed by atoms with E-state index in [0.29, 0.717) is 24.3 Å². The highest BCUT2D eigenvalue weighted by Crippen LogP contribution is 2.13. The van der Waals surface area contributed by atoms with Crippen LogP contribution in [0.3, 0.4) is 0 Å². The van der Waals surface area contributed by atoms with Crippen molar-refractivity contribution < 1.29 is 9.47 Å². The van der Waals surface area contributed by atoms with Gasteiger partial charge in [-0.05, 0) is 13.0 Å². The Labute approximate surface area is 88.8 Å². The van der Waals surface area contributed by atoms with Gasteiger partial charge >= 0.3 is 0 Å². The third-order valence-corrected chi connectivity index (χ3v) is 2.43. The molecule has 0 radical (unpaired) electrons. The number of hydrogen-bond donors (Lipinski definition) is 1. The molecule has 1 unspecified atom stereocenters. The lowest BCUT2D eigenvalue weighted by molar-refractivity contribution is 0.246. The predicted octanol–water partition coefficient (Wildman–Crippen LogP) is 0.473. The van der Waals surface area contributed by atoms with E-state index in [9.17, 15) is 0 Å². The van der Waals surface area contributed by atoms with E-state index in [-0.39, 0.29) is 0 Å². The van der Waals surface area contributed by atoms with Gasteiger partial charge in [0.2, 0.25) is 11.8 Å². The zero-order valence-electron chi connectivity index (χ0n) is 8.77. The second-order valence-corrected chi connectivity index (χ2v) is 3.57. The van der Waals surface area contributed by atoms with E-state index in [2.05, 4.69) is 15.3 Å². The van der Waals surface area contributed by atoms with E-state index in [4.69, 9.17) is 9.47 Å². The zero-order valence-corrected chi connectivity index (χ0v) is 8.77. The van der Waals surface area contributed by atoms with Crippen LogP contribution in [0, 0.1) is 5.92 Å². The molecule has 0 aliphatic carbocycles. The molecule has 5 heteroatoms. The lowest BCUT2D eigenvalue weighted by Crippen LogP contribution is -2.16. The Balaban J connectivity index is 1.86. The number of rotatable bonds is 4. The molecule has 15 heavy (non-hydrogen) atoms. The third-order valence-electron chi connectivity index (χ3n) is 2.43. The molecular formula is C10H15N3O2. The summed E-state index contributed by atoms with van der Waals surface area (Å²) in [7, 11) is 1.56. The van der Waals surface area contributed by atoms with Crippen molar-refractivity contribution in [2.24, 2.45) is 5.92 Å². The van der Waals surface area contributed by atoms with Crippen LogP contribution in [0.4, 0.5) is 0 Å². The maximum absolute atomic E-state index is 5.54. The quantitative estimate of drug-likeness (QED) is 0.781. The molecule has 0 spiro atoms. The molecule has 1 atom stereocenters. The minimum atomic E-state index is 0.483. The van der Waals surface area contributed by atoms with E-state index in [1.807, 2.05) is 0 Å². The molecule has 1 aliphatic rings. The third kappa shape index (κ3) is 2.79. The van der Waals surface area contributed by atoms with E-state index in [0.717, 1.165) is 19.5 Å². The minimum absolute atomic E-state index is 0.483. The first kappa shape index (κ1) is 10.2. The highest BCUT2D eigenvalue weighted by molar-refractivity contribution is 5.12. The van der Waals surface area contributed by atoms with Gasteiger partial charge in [0, 0.05) is 12.5 Å². The fraction of sp³-hybridized carbons (Fsp3) is 0.600. The second-order valence-electron chi connectivity index (χ2n) is 3.57. The molecule has 1 aliphatic heterocycles. The molecule has 1 N–H and O–H groups in total. The maximum Gasteiger partial charge on any atom is 0.235 e. The van der Waals surface area contributed by atoms with Crippen LogP contribution in [-0.4, -0.2) is 36.8 Å². The summed E-state index contributed by atoms with van der Waals surface area (Å²) in [5.74, 6) is 1.59. The minimum Gasteiger partial charge on any atom is -0.480 e.